The third-order valence-corrected chi connectivity index (χ3v) is 5.92. The second-order valence-corrected chi connectivity index (χ2v) is 8.68. The van der Waals surface area contributed by atoms with Crippen LogP contribution in [0.4, 0.5) is 16.2 Å². The zero-order chi connectivity index (χ0) is 21.8. The van der Waals surface area contributed by atoms with E-state index in [9.17, 15) is 18.0 Å². The number of carbonyl (C=O) groups is 2. The van der Waals surface area contributed by atoms with Gasteiger partial charge >= 0.3 is 6.03 Å². The predicted octanol–water partition coefficient (Wildman–Crippen LogP) is 2.56. The van der Waals surface area contributed by atoms with Gasteiger partial charge in [-0.2, -0.15) is 0 Å². The van der Waals surface area contributed by atoms with Gasteiger partial charge in [0.25, 0.3) is 10.0 Å². The van der Waals surface area contributed by atoms with Gasteiger partial charge in [0.2, 0.25) is 5.91 Å². The number of methoxy groups -OCH3 is 1. The van der Waals surface area contributed by atoms with Gasteiger partial charge in [-0.3, -0.25) is 9.52 Å². The Bertz CT molecular complexity index is 1040. The summed E-state index contributed by atoms with van der Waals surface area (Å²) in [6.45, 7) is 3.28. The Morgan fingerprint density at radius 1 is 1.17 bits per heavy atom. The normalized spacial score (nSPS) is 12.0. The number of anilines is 2. The van der Waals surface area contributed by atoms with E-state index in [1.54, 1.807) is 12.1 Å². The van der Waals surface area contributed by atoms with E-state index in [1.807, 2.05) is 13.0 Å². The van der Waals surface area contributed by atoms with E-state index in [0.29, 0.717) is 10.2 Å². The summed E-state index contributed by atoms with van der Waals surface area (Å²) >= 11 is 3.31. The zero-order valence-electron chi connectivity index (χ0n) is 15.9. The number of hydrogen-bond donors (Lipinski definition) is 4. The fourth-order valence-corrected chi connectivity index (χ4v) is 4.15. The maximum atomic E-state index is 13.0. The molecule has 0 aliphatic rings. The molecule has 0 radical (unpaired) electrons. The molecule has 0 aliphatic heterocycles. The van der Waals surface area contributed by atoms with Crippen LogP contribution in [0.25, 0.3) is 0 Å². The predicted molar refractivity (Wildman–Crippen MR) is 113 cm³/mol. The lowest BCUT2D eigenvalue weighted by molar-refractivity contribution is -0.117. The molecule has 2 aromatic rings. The molecular weight excluding hydrogens is 464 g/mol. The first kappa shape index (κ1) is 22.5. The third-order valence-electron chi connectivity index (χ3n) is 3.84. The number of aryl methyl sites for hydroxylation is 1. The van der Waals surface area contributed by atoms with Crippen molar-refractivity contribution >= 4 is 49.3 Å². The Balaban J connectivity index is 2.35. The van der Waals surface area contributed by atoms with Crippen LogP contribution >= 0.6 is 15.9 Å². The second-order valence-electron chi connectivity index (χ2n) is 6.17. The molecule has 0 unspecified atom stereocenters. The van der Waals surface area contributed by atoms with Gasteiger partial charge in [0.15, 0.2) is 0 Å². The summed E-state index contributed by atoms with van der Waals surface area (Å²) in [4.78, 5) is 22.9. The van der Waals surface area contributed by atoms with Crippen LogP contribution in [0.1, 0.15) is 12.5 Å². The van der Waals surface area contributed by atoms with Crippen LogP contribution in [0.15, 0.2) is 45.8 Å². The van der Waals surface area contributed by atoms with Crippen molar-refractivity contribution in [2.45, 2.75) is 24.8 Å². The number of amides is 3. The molecule has 2 aromatic carbocycles. The molecule has 0 aromatic heterocycles. The molecular formula is C18H21BrN4O5S. The molecule has 1 atom stereocenters. The summed E-state index contributed by atoms with van der Waals surface area (Å²) in [7, 11) is -2.70. The monoisotopic (exact) mass is 484 g/mol. The standard InChI is InChI=1S/C18H21BrN4O5S/c1-10-4-6-13(19)14(8-10)23-29(26,27)16-9-12(5-7-15(16)28-3)22-17(24)11(2)21-18(20)25/h4-9,11,23H,1-3H3,(H,22,24)(H3,20,21,25)/t11-/m0/s1. The van der Waals surface area contributed by atoms with Gasteiger partial charge in [-0.25, -0.2) is 13.2 Å². The molecule has 3 amide bonds. The van der Waals surface area contributed by atoms with E-state index in [2.05, 4.69) is 31.3 Å². The first-order valence-electron chi connectivity index (χ1n) is 8.37. The molecule has 156 valence electrons. The lowest BCUT2D eigenvalue weighted by Gasteiger charge is -2.16. The number of hydrogen-bond acceptors (Lipinski definition) is 5. The number of halogens is 1. The van der Waals surface area contributed by atoms with Crippen molar-refractivity contribution in [2.75, 3.05) is 17.1 Å². The van der Waals surface area contributed by atoms with Crippen LogP contribution in [-0.4, -0.2) is 33.5 Å². The molecule has 0 saturated heterocycles. The largest absolute Gasteiger partial charge is 0.495 e. The van der Waals surface area contributed by atoms with Crippen LogP contribution in [0.3, 0.4) is 0 Å². The van der Waals surface area contributed by atoms with E-state index in [0.717, 1.165) is 5.56 Å². The third kappa shape index (κ3) is 5.84. The van der Waals surface area contributed by atoms with Crippen molar-refractivity contribution in [1.82, 2.24) is 5.32 Å². The second kappa shape index (κ2) is 9.14. The molecule has 0 heterocycles. The van der Waals surface area contributed by atoms with Crippen LogP contribution in [0.5, 0.6) is 5.75 Å². The van der Waals surface area contributed by atoms with E-state index >= 15 is 0 Å². The minimum Gasteiger partial charge on any atom is -0.495 e. The summed E-state index contributed by atoms with van der Waals surface area (Å²) in [5, 5.41) is 4.77. The van der Waals surface area contributed by atoms with Crippen LogP contribution < -0.4 is 25.8 Å². The molecule has 0 saturated carbocycles. The van der Waals surface area contributed by atoms with Crippen LogP contribution in [0, 0.1) is 6.92 Å². The Labute approximate surface area is 177 Å². The summed E-state index contributed by atoms with van der Waals surface area (Å²) in [5.41, 5.74) is 6.44. The summed E-state index contributed by atoms with van der Waals surface area (Å²) < 4.78 is 34.2. The van der Waals surface area contributed by atoms with Gasteiger partial charge in [-0.05, 0) is 65.7 Å². The van der Waals surface area contributed by atoms with Gasteiger partial charge in [-0.1, -0.05) is 6.07 Å². The first-order chi connectivity index (χ1) is 13.5. The van der Waals surface area contributed by atoms with E-state index in [4.69, 9.17) is 10.5 Å². The van der Waals surface area contributed by atoms with Gasteiger partial charge in [0.1, 0.15) is 16.7 Å². The van der Waals surface area contributed by atoms with Crippen molar-refractivity contribution in [3.8, 4) is 5.75 Å². The molecule has 11 heteroatoms. The summed E-state index contributed by atoms with van der Waals surface area (Å²) in [6.07, 6.45) is 0. The van der Waals surface area contributed by atoms with Gasteiger partial charge in [-0.15, -0.1) is 0 Å². The Morgan fingerprint density at radius 2 is 1.86 bits per heavy atom. The maximum absolute atomic E-state index is 13.0. The average Bonchev–Trinajstić information content (AvgIpc) is 2.64. The number of rotatable bonds is 7. The highest BCUT2D eigenvalue weighted by Crippen LogP contribution is 2.31. The highest BCUT2D eigenvalue weighted by atomic mass is 79.9. The quantitative estimate of drug-likeness (QED) is 0.477. The number of carbonyl (C=O) groups excluding carboxylic acids is 2. The van der Waals surface area contributed by atoms with Crippen molar-refractivity contribution < 1.29 is 22.7 Å². The zero-order valence-corrected chi connectivity index (χ0v) is 18.3. The molecule has 0 fully saturated rings. The van der Waals surface area contributed by atoms with Crippen molar-refractivity contribution in [2.24, 2.45) is 5.73 Å². The first-order valence-corrected chi connectivity index (χ1v) is 10.6. The molecule has 9 nitrogen and oxygen atoms in total. The SMILES string of the molecule is COc1ccc(NC(=O)[C@H](C)NC(N)=O)cc1S(=O)(=O)Nc1cc(C)ccc1Br. The number of benzene rings is 2. The number of urea groups is 1. The van der Waals surface area contributed by atoms with Gasteiger partial charge in [0, 0.05) is 10.2 Å². The summed E-state index contributed by atoms with van der Waals surface area (Å²) in [6, 6.07) is 7.65. The van der Waals surface area contributed by atoms with Crippen LogP contribution in [0.2, 0.25) is 0 Å². The molecule has 0 spiro atoms. The van der Waals surface area contributed by atoms with Crippen molar-refractivity contribution in [3.05, 3.63) is 46.4 Å². The highest BCUT2D eigenvalue weighted by molar-refractivity contribution is 9.10. The minimum atomic E-state index is -4.04. The van der Waals surface area contributed by atoms with E-state index in [-0.39, 0.29) is 16.3 Å². The summed E-state index contributed by atoms with van der Waals surface area (Å²) in [5.74, 6) is -0.464. The lowest BCUT2D eigenvalue weighted by Crippen LogP contribution is -2.44. The molecule has 2 rings (SSSR count). The number of nitrogens with one attached hydrogen (secondary N) is 3. The highest BCUT2D eigenvalue weighted by Gasteiger charge is 2.22. The number of primary amides is 1. The van der Waals surface area contributed by atoms with E-state index in [1.165, 1.54) is 32.2 Å². The van der Waals surface area contributed by atoms with Crippen LogP contribution in [-0.2, 0) is 14.8 Å². The number of sulfonamides is 1. The Kier molecular flexibility index (Phi) is 7.09. The minimum absolute atomic E-state index is 0.0996. The molecule has 29 heavy (non-hydrogen) atoms. The average molecular weight is 485 g/mol. The fourth-order valence-electron chi connectivity index (χ4n) is 2.41. The fraction of sp³-hybridized carbons (Fsp3) is 0.222. The Hall–Kier alpha value is -2.79. The smallest absolute Gasteiger partial charge is 0.312 e. The van der Waals surface area contributed by atoms with E-state index < -0.39 is 28.0 Å². The Morgan fingerprint density at radius 3 is 2.48 bits per heavy atom. The molecule has 5 N–H and O–H groups in total. The maximum Gasteiger partial charge on any atom is 0.312 e. The molecule has 0 aliphatic carbocycles. The number of nitrogens with two attached hydrogens (primary N) is 1. The topological polar surface area (TPSA) is 140 Å². The van der Waals surface area contributed by atoms with Gasteiger partial charge < -0.3 is 21.1 Å². The van der Waals surface area contributed by atoms with Crippen molar-refractivity contribution in [3.63, 3.8) is 0 Å². The molecule has 0 bridgehead atoms. The van der Waals surface area contributed by atoms with Crippen molar-refractivity contribution in [1.29, 1.82) is 0 Å². The van der Waals surface area contributed by atoms with Gasteiger partial charge in [0.05, 0.1) is 12.8 Å². The lowest BCUT2D eigenvalue weighted by atomic mass is 10.2. The number of ether oxygens (including phenoxy) is 1.